The molecule has 1 aromatic carbocycles. The van der Waals surface area contributed by atoms with E-state index in [2.05, 4.69) is 13.8 Å². The normalized spacial score (nSPS) is 10.5. The molecule has 19 heavy (non-hydrogen) atoms. The summed E-state index contributed by atoms with van der Waals surface area (Å²) in [7, 11) is 0. The van der Waals surface area contributed by atoms with Crippen molar-refractivity contribution in [3.05, 3.63) is 28.8 Å². The van der Waals surface area contributed by atoms with Crippen molar-refractivity contribution in [1.29, 1.82) is 0 Å². The molecule has 4 heteroatoms. The molecule has 0 aliphatic carbocycles. The lowest BCUT2D eigenvalue weighted by atomic mass is 10.1. The van der Waals surface area contributed by atoms with E-state index in [1.807, 2.05) is 4.90 Å². The molecule has 0 aromatic heterocycles. The van der Waals surface area contributed by atoms with Crippen LogP contribution in [0.25, 0.3) is 0 Å². The molecule has 0 atom stereocenters. The highest BCUT2D eigenvalue weighted by atomic mass is 35.5. The topological polar surface area (TPSA) is 40.5 Å². The van der Waals surface area contributed by atoms with Crippen molar-refractivity contribution >= 4 is 17.5 Å². The quantitative estimate of drug-likeness (QED) is 0.819. The fraction of sp³-hybridized carbons (Fsp3) is 0.533. The van der Waals surface area contributed by atoms with E-state index >= 15 is 0 Å². The van der Waals surface area contributed by atoms with Gasteiger partial charge in [-0.2, -0.15) is 0 Å². The Morgan fingerprint density at radius 3 is 2.26 bits per heavy atom. The largest absolute Gasteiger partial charge is 0.507 e. The van der Waals surface area contributed by atoms with Gasteiger partial charge in [0.25, 0.3) is 5.91 Å². The summed E-state index contributed by atoms with van der Waals surface area (Å²) < 4.78 is 0. The first-order valence-corrected chi connectivity index (χ1v) is 7.25. The minimum absolute atomic E-state index is 0.0458. The second kappa shape index (κ2) is 8.05. The number of amides is 1. The molecule has 3 nitrogen and oxygen atoms in total. The number of hydrogen-bond donors (Lipinski definition) is 1. The average molecular weight is 284 g/mol. The minimum atomic E-state index is -0.115. The van der Waals surface area contributed by atoms with Crippen molar-refractivity contribution in [1.82, 2.24) is 4.90 Å². The molecular formula is C15H22ClNO2. The summed E-state index contributed by atoms with van der Waals surface area (Å²) in [5.41, 5.74) is 0.330. The van der Waals surface area contributed by atoms with Crippen LogP contribution in [-0.4, -0.2) is 29.0 Å². The first-order chi connectivity index (χ1) is 9.10. The van der Waals surface area contributed by atoms with E-state index in [0.29, 0.717) is 10.6 Å². The standard InChI is InChI=1S/C15H22ClNO2/c1-3-5-9-17(10-6-4-2)15(19)13-8-7-12(16)11-14(13)18/h7-8,11,18H,3-6,9-10H2,1-2H3. The van der Waals surface area contributed by atoms with Gasteiger partial charge in [0, 0.05) is 18.1 Å². The molecule has 1 rings (SSSR count). The van der Waals surface area contributed by atoms with Gasteiger partial charge in [0.2, 0.25) is 0 Å². The van der Waals surface area contributed by atoms with E-state index < -0.39 is 0 Å². The average Bonchev–Trinajstić information content (AvgIpc) is 2.38. The van der Waals surface area contributed by atoms with E-state index in [0.717, 1.165) is 38.8 Å². The van der Waals surface area contributed by atoms with Crippen LogP contribution in [-0.2, 0) is 0 Å². The highest BCUT2D eigenvalue weighted by molar-refractivity contribution is 6.30. The summed E-state index contributed by atoms with van der Waals surface area (Å²) in [6.07, 6.45) is 4.04. The van der Waals surface area contributed by atoms with Crippen LogP contribution in [0.5, 0.6) is 5.75 Å². The summed E-state index contributed by atoms with van der Waals surface area (Å²) >= 11 is 5.78. The highest BCUT2D eigenvalue weighted by Crippen LogP contribution is 2.23. The first kappa shape index (κ1) is 15.8. The third kappa shape index (κ3) is 4.75. The zero-order valence-corrected chi connectivity index (χ0v) is 12.4. The maximum absolute atomic E-state index is 12.4. The molecule has 0 saturated heterocycles. The predicted molar refractivity (Wildman–Crippen MR) is 78.8 cm³/mol. The molecule has 1 N–H and O–H groups in total. The molecule has 0 aliphatic heterocycles. The van der Waals surface area contributed by atoms with Gasteiger partial charge in [0.1, 0.15) is 5.75 Å². The maximum atomic E-state index is 12.4. The van der Waals surface area contributed by atoms with Crippen LogP contribution >= 0.6 is 11.6 Å². The number of aromatic hydroxyl groups is 1. The van der Waals surface area contributed by atoms with Crippen molar-refractivity contribution in [2.75, 3.05) is 13.1 Å². The molecule has 0 radical (unpaired) electrons. The molecule has 1 amide bonds. The van der Waals surface area contributed by atoms with Gasteiger partial charge in [-0.3, -0.25) is 4.79 Å². The Hall–Kier alpha value is -1.22. The van der Waals surface area contributed by atoms with Crippen molar-refractivity contribution in [3.8, 4) is 5.75 Å². The molecule has 0 bridgehead atoms. The van der Waals surface area contributed by atoms with Crippen LogP contribution in [0.3, 0.4) is 0 Å². The molecule has 0 spiro atoms. The van der Waals surface area contributed by atoms with Crippen LogP contribution in [0.4, 0.5) is 0 Å². The number of carbonyl (C=O) groups excluding carboxylic acids is 1. The molecule has 0 fully saturated rings. The van der Waals surface area contributed by atoms with Gasteiger partial charge in [-0.25, -0.2) is 0 Å². The lowest BCUT2D eigenvalue weighted by Gasteiger charge is -2.23. The Kier molecular flexibility index (Phi) is 6.71. The molecule has 0 aliphatic rings. The molecular weight excluding hydrogens is 262 g/mol. The number of hydrogen-bond acceptors (Lipinski definition) is 2. The number of halogens is 1. The molecule has 0 heterocycles. The van der Waals surface area contributed by atoms with Crippen LogP contribution in [0, 0.1) is 0 Å². The Morgan fingerprint density at radius 2 is 1.79 bits per heavy atom. The Morgan fingerprint density at radius 1 is 1.21 bits per heavy atom. The SMILES string of the molecule is CCCCN(CCCC)C(=O)c1ccc(Cl)cc1O. The van der Waals surface area contributed by atoms with Gasteiger partial charge in [0.05, 0.1) is 5.56 Å². The Bertz CT molecular complexity index is 413. The highest BCUT2D eigenvalue weighted by Gasteiger charge is 2.18. The zero-order valence-electron chi connectivity index (χ0n) is 11.7. The lowest BCUT2D eigenvalue weighted by Crippen LogP contribution is -2.33. The second-order valence-electron chi connectivity index (χ2n) is 4.66. The van der Waals surface area contributed by atoms with E-state index in [-0.39, 0.29) is 11.7 Å². The lowest BCUT2D eigenvalue weighted by molar-refractivity contribution is 0.0748. The Labute approximate surface area is 120 Å². The van der Waals surface area contributed by atoms with E-state index in [1.54, 1.807) is 12.1 Å². The summed E-state index contributed by atoms with van der Waals surface area (Å²) in [6.45, 7) is 5.67. The molecule has 1 aromatic rings. The van der Waals surface area contributed by atoms with Gasteiger partial charge in [0.15, 0.2) is 0 Å². The van der Waals surface area contributed by atoms with Crippen molar-refractivity contribution in [2.24, 2.45) is 0 Å². The zero-order chi connectivity index (χ0) is 14.3. The van der Waals surface area contributed by atoms with Gasteiger partial charge < -0.3 is 10.0 Å². The van der Waals surface area contributed by atoms with Gasteiger partial charge >= 0.3 is 0 Å². The monoisotopic (exact) mass is 283 g/mol. The number of rotatable bonds is 7. The number of unbranched alkanes of at least 4 members (excludes halogenated alkanes) is 2. The first-order valence-electron chi connectivity index (χ1n) is 6.88. The fourth-order valence-corrected chi connectivity index (χ4v) is 2.04. The third-order valence-corrected chi connectivity index (χ3v) is 3.28. The molecule has 106 valence electrons. The number of nitrogens with zero attached hydrogens (tertiary/aromatic N) is 1. The number of carbonyl (C=O) groups is 1. The summed E-state index contributed by atoms with van der Waals surface area (Å²) in [5.74, 6) is -0.161. The van der Waals surface area contributed by atoms with Crippen LogP contribution < -0.4 is 0 Å². The van der Waals surface area contributed by atoms with Gasteiger partial charge in [-0.15, -0.1) is 0 Å². The molecule has 0 unspecified atom stereocenters. The third-order valence-electron chi connectivity index (χ3n) is 3.04. The number of phenolic OH excluding ortho intramolecular Hbond substituents is 1. The molecule has 0 saturated carbocycles. The van der Waals surface area contributed by atoms with Crippen LogP contribution in [0.2, 0.25) is 5.02 Å². The van der Waals surface area contributed by atoms with Crippen molar-refractivity contribution in [3.63, 3.8) is 0 Å². The second-order valence-corrected chi connectivity index (χ2v) is 5.10. The van der Waals surface area contributed by atoms with E-state index in [1.165, 1.54) is 6.07 Å². The van der Waals surface area contributed by atoms with Crippen molar-refractivity contribution in [2.45, 2.75) is 39.5 Å². The fourth-order valence-electron chi connectivity index (χ4n) is 1.87. The summed E-state index contributed by atoms with van der Waals surface area (Å²) in [6, 6.07) is 4.63. The predicted octanol–water partition coefficient (Wildman–Crippen LogP) is 4.09. The van der Waals surface area contributed by atoms with Crippen molar-refractivity contribution < 1.29 is 9.90 Å². The smallest absolute Gasteiger partial charge is 0.257 e. The summed E-state index contributed by atoms with van der Waals surface area (Å²) in [5, 5.41) is 10.3. The summed E-state index contributed by atoms with van der Waals surface area (Å²) in [4.78, 5) is 14.2. The van der Waals surface area contributed by atoms with Gasteiger partial charge in [-0.1, -0.05) is 38.3 Å². The maximum Gasteiger partial charge on any atom is 0.257 e. The van der Waals surface area contributed by atoms with Crippen LogP contribution in [0.1, 0.15) is 49.9 Å². The van der Waals surface area contributed by atoms with E-state index in [9.17, 15) is 9.90 Å². The van der Waals surface area contributed by atoms with Crippen LogP contribution in [0.15, 0.2) is 18.2 Å². The number of phenols is 1. The van der Waals surface area contributed by atoms with E-state index in [4.69, 9.17) is 11.6 Å². The minimum Gasteiger partial charge on any atom is -0.507 e. The van der Waals surface area contributed by atoms with Gasteiger partial charge in [-0.05, 0) is 31.0 Å². The number of benzene rings is 1. The Balaban J connectivity index is 2.84.